The van der Waals surface area contributed by atoms with E-state index in [9.17, 15) is 26.4 Å². The Morgan fingerprint density at radius 3 is 2.60 bits per heavy atom. The number of rotatable bonds is 0. The number of aliphatic carboxylic acids is 1. The number of carbonyl (C=O) groups excluding carboxylic acids is 1. The summed E-state index contributed by atoms with van der Waals surface area (Å²) in [7, 11) is -3.83. The number of alkyl halides is 3. The lowest BCUT2D eigenvalue weighted by atomic mass is 9.68. The SMILES string of the molecule is C[C@@H]1CC/C=C/[C@H](N)[C@@H]2CC[C@H]2CN2C[C@@]3(CCCc4cc(Cl)ccc43)COc3ccc(cc32)C(=O)NS1(=O)=O.O=C(O)C(F)(F)F. The Labute approximate surface area is 277 Å². The van der Waals surface area contributed by atoms with Gasteiger partial charge < -0.3 is 20.5 Å². The monoisotopic (exact) mass is 697 g/mol. The molecule has 2 aromatic carbocycles. The van der Waals surface area contributed by atoms with E-state index in [-0.39, 0.29) is 11.5 Å². The number of hydrogen-bond acceptors (Lipinski definition) is 7. The fourth-order valence-electron chi connectivity index (χ4n) is 7.04. The molecule has 256 valence electrons. The molecule has 2 bridgehead atoms. The molecule has 0 saturated heterocycles. The van der Waals surface area contributed by atoms with Crippen LogP contribution in [0.5, 0.6) is 5.75 Å². The van der Waals surface area contributed by atoms with Crippen molar-refractivity contribution in [2.24, 2.45) is 17.6 Å². The number of carboxylic acids is 1. The van der Waals surface area contributed by atoms with E-state index in [1.54, 1.807) is 19.1 Å². The Morgan fingerprint density at radius 2 is 1.91 bits per heavy atom. The van der Waals surface area contributed by atoms with Crippen LogP contribution in [0, 0.1) is 11.8 Å². The summed E-state index contributed by atoms with van der Waals surface area (Å²) in [6.07, 6.45) is 5.18. The van der Waals surface area contributed by atoms with Crippen molar-refractivity contribution in [2.45, 2.75) is 74.8 Å². The summed E-state index contributed by atoms with van der Waals surface area (Å²) in [6.45, 7) is 3.70. The predicted octanol–water partition coefficient (Wildman–Crippen LogP) is 5.60. The largest absolute Gasteiger partial charge is 0.490 e. The molecule has 4 N–H and O–H groups in total. The van der Waals surface area contributed by atoms with Crippen LogP contribution in [0.3, 0.4) is 0 Å². The molecule has 0 unspecified atom stereocenters. The highest BCUT2D eigenvalue weighted by atomic mass is 35.5. The van der Waals surface area contributed by atoms with Crippen LogP contribution in [0.4, 0.5) is 18.9 Å². The number of aryl methyl sites for hydroxylation is 1. The van der Waals surface area contributed by atoms with Gasteiger partial charge in [-0.15, -0.1) is 0 Å². The van der Waals surface area contributed by atoms with Gasteiger partial charge in [-0.25, -0.2) is 17.9 Å². The average Bonchev–Trinajstić information content (AvgIpc) is 3.13. The summed E-state index contributed by atoms with van der Waals surface area (Å²) >= 11 is 6.38. The van der Waals surface area contributed by atoms with Gasteiger partial charge in [0.2, 0.25) is 10.0 Å². The number of hydrogen-bond donors (Lipinski definition) is 3. The van der Waals surface area contributed by atoms with Crippen molar-refractivity contribution in [3.05, 3.63) is 70.3 Å². The summed E-state index contributed by atoms with van der Waals surface area (Å²) in [4.78, 5) is 24.5. The van der Waals surface area contributed by atoms with Gasteiger partial charge in [-0.05, 0) is 105 Å². The van der Waals surface area contributed by atoms with Gasteiger partial charge >= 0.3 is 12.1 Å². The van der Waals surface area contributed by atoms with Crippen LogP contribution in [0.2, 0.25) is 5.02 Å². The Balaban J connectivity index is 0.000000559. The second-order valence-corrected chi connectivity index (χ2v) is 15.5. The van der Waals surface area contributed by atoms with Crippen molar-refractivity contribution in [2.75, 3.05) is 24.6 Å². The molecule has 2 aliphatic carbocycles. The number of benzene rings is 2. The number of nitrogens with two attached hydrogens (primary N) is 1. The Kier molecular flexibility index (Phi) is 10.2. The zero-order chi connectivity index (χ0) is 34.1. The third-order valence-electron chi connectivity index (χ3n) is 9.83. The molecule has 2 heterocycles. The second kappa shape index (κ2) is 13.7. The Bertz CT molecular complexity index is 1650. The Hall–Kier alpha value is -3.29. The minimum atomic E-state index is -5.08. The van der Waals surface area contributed by atoms with Crippen molar-refractivity contribution in [1.29, 1.82) is 0 Å². The highest BCUT2D eigenvalue weighted by Crippen LogP contribution is 2.46. The highest BCUT2D eigenvalue weighted by molar-refractivity contribution is 7.90. The van der Waals surface area contributed by atoms with Crippen molar-refractivity contribution < 1.29 is 41.0 Å². The first-order valence-corrected chi connectivity index (χ1v) is 17.6. The van der Waals surface area contributed by atoms with Crippen molar-refractivity contribution in [1.82, 2.24) is 4.72 Å². The molecule has 0 radical (unpaired) electrons. The molecule has 1 amide bonds. The predicted molar refractivity (Wildman–Crippen MR) is 172 cm³/mol. The second-order valence-electron chi connectivity index (χ2n) is 13.0. The smallest absolute Gasteiger partial charge is 0.490 e. The molecule has 6 rings (SSSR count). The van der Waals surface area contributed by atoms with Crippen LogP contribution in [0.15, 0.2) is 48.6 Å². The lowest BCUT2D eigenvalue weighted by molar-refractivity contribution is -0.192. The van der Waals surface area contributed by atoms with E-state index in [0.29, 0.717) is 42.6 Å². The van der Waals surface area contributed by atoms with Gasteiger partial charge in [0.1, 0.15) is 5.75 Å². The van der Waals surface area contributed by atoms with Crippen LogP contribution in [0.1, 0.15) is 66.9 Å². The first-order valence-electron chi connectivity index (χ1n) is 15.7. The van der Waals surface area contributed by atoms with Gasteiger partial charge in [-0.3, -0.25) is 4.79 Å². The van der Waals surface area contributed by atoms with Gasteiger partial charge in [-0.1, -0.05) is 29.8 Å². The van der Waals surface area contributed by atoms with Gasteiger partial charge in [0.15, 0.2) is 0 Å². The number of amides is 1. The number of carbonyl (C=O) groups is 2. The number of ether oxygens (including phenoxy) is 1. The van der Waals surface area contributed by atoms with E-state index in [2.05, 4.69) is 21.8 Å². The first-order chi connectivity index (χ1) is 22.1. The molecule has 14 heteroatoms. The topological polar surface area (TPSA) is 139 Å². The standard InChI is InChI=1S/C31H38ClN3O4S.C2HF3O2/c1-20-5-2-3-7-27(33)25-11-8-23(25)17-35-18-31(14-4-6-21-15-24(32)10-12-26(21)31)19-39-29-13-9-22(16-28(29)35)30(36)34-40(20,37)38;3-2(4,5)1(6)7/h3,7,9-10,12-13,15-16,20,23,25,27H,2,4-6,8,11,14,17-19,33H2,1H3,(H,34,36);(H,6,7)/b7-3+;/t20-,23+,25-,27+,31+;/m1./s1. The number of sulfonamides is 1. The Morgan fingerprint density at radius 1 is 1.17 bits per heavy atom. The van der Waals surface area contributed by atoms with E-state index in [1.165, 1.54) is 11.1 Å². The number of carboxylic acid groups (broad SMARTS) is 1. The van der Waals surface area contributed by atoms with Crippen LogP contribution in [-0.4, -0.2) is 62.6 Å². The molecule has 47 heavy (non-hydrogen) atoms. The molecular formula is C33H39ClF3N3O6S. The van der Waals surface area contributed by atoms with Crippen LogP contribution >= 0.6 is 11.6 Å². The number of fused-ring (bicyclic) bond motifs is 4. The lowest BCUT2D eigenvalue weighted by Crippen LogP contribution is -2.50. The van der Waals surface area contributed by atoms with E-state index in [4.69, 9.17) is 32.0 Å². The molecule has 4 aliphatic rings. The zero-order valence-electron chi connectivity index (χ0n) is 25.9. The lowest BCUT2D eigenvalue weighted by Gasteiger charge is -2.45. The molecule has 5 atom stereocenters. The van der Waals surface area contributed by atoms with Crippen molar-refractivity contribution in [3.8, 4) is 5.75 Å². The number of nitrogens with zero attached hydrogens (tertiary/aromatic N) is 1. The summed E-state index contributed by atoms with van der Waals surface area (Å²) in [5.41, 5.74) is 10.1. The summed E-state index contributed by atoms with van der Waals surface area (Å²) in [5, 5.41) is 7.17. The molecular weight excluding hydrogens is 659 g/mol. The minimum absolute atomic E-state index is 0.0705. The molecule has 2 aromatic rings. The maximum absolute atomic E-state index is 13.2. The van der Waals surface area contributed by atoms with E-state index in [0.717, 1.165) is 55.9 Å². The molecule has 1 spiro atoms. The summed E-state index contributed by atoms with van der Waals surface area (Å²) in [6, 6.07) is 11.4. The number of anilines is 1. The maximum atomic E-state index is 13.2. The third kappa shape index (κ3) is 7.73. The van der Waals surface area contributed by atoms with Gasteiger partial charge in [-0.2, -0.15) is 13.2 Å². The normalized spacial score (nSPS) is 29.3. The molecule has 0 aromatic heterocycles. The van der Waals surface area contributed by atoms with Gasteiger partial charge in [0.25, 0.3) is 5.91 Å². The fourth-order valence-corrected chi connectivity index (χ4v) is 8.26. The van der Waals surface area contributed by atoms with Crippen LogP contribution in [-0.2, 0) is 26.7 Å². The van der Waals surface area contributed by atoms with E-state index < -0.39 is 33.3 Å². The summed E-state index contributed by atoms with van der Waals surface area (Å²) < 4.78 is 66.4. The molecule has 9 nitrogen and oxygen atoms in total. The van der Waals surface area contributed by atoms with Crippen molar-refractivity contribution in [3.63, 3.8) is 0 Å². The molecule has 1 fully saturated rings. The van der Waals surface area contributed by atoms with Gasteiger partial charge in [0.05, 0.1) is 17.5 Å². The number of halogens is 4. The number of allylic oxidation sites excluding steroid dienone is 1. The molecule has 1 saturated carbocycles. The minimum Gasteiger partial charge on any atom is -0.490 e. The van der Waals surface area contributed by atoms with Crippen LogP contribution in [0.25, 0.3) is 0 Å². The quantitative estimate of drug-likeness (QED) is 0.303. The van der Waals surface area contributed by atoms with E-state index in [1.807, 2.05) is 24.3 Å². The molecule has 2 aliphatic heterocycles. The average molecular weight is 698 g/mol. The number of nitrogens with one attached hydrogen (secondary N) is 1. The van der Waals surface area contributed by atoms with Crippen LogP contribution < -0.4 is 20.1 Å². The maximum Gasteiger partial charge on any atom is 0.490 e. The van der Waals surface area contributed by atoms with Crippen molar-refractivity contribution >= 4 is 39.2 Å². The fraction of sp³-hybridized carbons (Fsp3) is 0.515. The summed E-state index contributed by atoms with van der Waals surface area (Å²) in [5.74, 6) is -1.88. The highest BCUT2D eigenvalue weighted by Gasteiger charge is 2.44. The third-order valence-corrected chi connectivity index (χ3v) is 11.8. The van der Waals surface area contributed by atoms with E-state index >= 15 is 0 Å². The van der Waals surface area contributed by atoms with Gasteiger partial charge in [0, 0.05) is 35.1 Å². The first kappa shape index (κ1) is 35.0. The zero-order valence-corrected chi connectivity index (χ0v) is 27.5.